The molecule has 0 saturated heterocycles. The molecule has 2 aromatic rings. The van der Waals surface area contributed by atoms with Crippen molar-refractivity contribution in [2.45, 2.75) is 13.0 Å². The summed E-state index contributed by atoms with van der Waals surface area (Å²) in [5.74, 6) is -0.431. The molecule has 2 N–H and O–H groups in total. The van der Waals surface area contributed by atoms with Crippen molar-refractivity contribution in [1.29, 1.82) is 5.26 Å². The number of hydrogen-bond acceptors (Lipinski definition) is 3. The Labute approximate surface area is 98.1 Å². The summed E-state index contributed by atoms with van der Waals surface area (Å²) in [6.45, 7) is 1.91. The Morgan fingerprint density at radius 3 is 2.94 bits per heavy atom. The third-order valence-electron chi connectivity index (χ3n) is 2.49. The number of nitrogens with zero attached hydrogens (tertiary/aromatic N) is 2. The van der Waals surface area contributed by atoms with Crippen molar-refractivity contribution in [1.82, 2.24) is 10.2 Å². The van der Waals surface area contributed by atoms with Crippen molar-refractivity contribution < 1.29 is 4.39 Å². The first-order valence-electron chi connectivity index (χ1n) is 5.15. The van der Waals surface area contributed by atoms with E-state index in [-0.39, 0.29) is 6.04 Å². The van der Waals surface area contributed by atoms with E-state index < -0.39 is 5.82 Å². The number of halogens is 1. The molecule has 1 aromatic heterocycles. The number of rotatable bonds is 3. The molecular weight excluding hydrogens is 219 g/mol. The normalized spacial score (nSPS) is 11.8. The van der Waals surface area contributed by atoms with Crippen molar-refractivity contribution in [2.75, 3.05) is 5.32 Å². The number of H-pyrrole nitrogens is 1. The molecule has 0 amide bonds. The van der Waals surface area contributed by atoms with Crippen LogP contribution in [0.15, 0.2) is 30.6 Å². The quantitative estimate of drug-likeness (QED) is 0.851. The van der Waals surface area contributed by atoms with Crippen LogP contribution in [0.3, 0.4) is 0 Å². The van der Waals surface area contributed by atoms with E-state index in [2.05, 4.69) is 15.5 Å². The minimum absolute atomic E-state index is 0.0591. The number of aromatic amines is 1. The summed E-state index contributed by atoms with van der Waals surface area (Å²) in [6.07, 6.45) is 3.43. The summed E-state index contributed by atoms with van der Waals surface area (Å²) in [4.78, 5) is 0. The maximum atomic E-state index is 13.6. The van der Waals surface area contributed by atoms with Crippen LogP contribution in [0, 0.1) is 17.1 Å². The molecule has 1 unspecified atom stereocenters. The average Bonchev–Trinajstić information content (AvgIpc) is 2.85. The fourth-order valence-electron chi connectivity index (χ4n) is 1.52. The molecule has 5 heteroatoms. The summed E-state index contributed by atoms with van der Waals surface area (Å²) in [5, 5.41) is 18.2. The smallest absolute Gasteiger partial charge is 0.147 e. The highest BCUT2D eigenvalue weighted by atomic mass is 19.1. The largest absolute Gasteiger partial charge is 0.376 e. The lowest BCUT2D eigenvalue weighted by Crippen LogP contribution is -2.07. The number of nitrogens with one attached hydrogen (secondary N) is 2. The molecule has 0 radical (unpaired) electrons. The van der Waals surface area contributed by atoms with Crippen molar-refractivity contribution in [3.05, 3.63) is 47.5 Å². The first kappa shape index (κ1) is 11.1. The Morgan fingerprint density at radius 1 is 1.53 bits per heavy atom. The van der Waals surface area contributed by atoms with Gasteiger partial charge in [-0.2, -0.15) is 10.4 Å². The van der Waals surface area contributed by atoms with Gasteiger partial charge >= 0.3 is 0 Å². The predicted octanol–water partition coefficient (Wildman–Crippen LogP) is 2.59. The van der Waals surface area contributed by atoms with Gasteiger partial charge in [-0.15, -0.1) is 0 Å². The van der Waals surface area contributed by atoms with Gasteiger partial charge in [0.05, 0.1) is 29.6 Å². The lowest BCUT2D eigenvalue weighted by atomic mass is 10.1. The molecular formula is C12H11FN4. The minimum atomic E-state index is -0.431. The second kappa shape index (κ2) is 4.66. The summed E-state index contributed by atoms with van der Waals surface area (Å²) in [6, 6.07) is 6.18. The van der Waals surface area contributed by atoms with E-state index in [9.17, 15) is 4.39 Å². The molecule has 0 fully saturated rings. The van der Waals surface area contributed by atoms with Crippen LogP contribution >= 0.6 is 0 Å². The maximum absolute atomic E-state index is 13.6. The summed E-state index contributed by atoms with van der Waals surface area (Å²) >= 11 is 0. The highest BCUT2D eigenvalue weighted by Gasteiger charge is 2.09. The van der Waals surface area contributed by atoms with Gasteiger partial charge in [0, 0.05) is 11.8 Å². The predicted molar refractivity (Wildman–Crippen MR) is 61.7 cm³/mol. The Hall–Kier alpha value is -2.35. The van der Waals surface area contributed by atoms with Gasteiger partial charge in [0.1, 0.15) is 5.82 Å². The Balaban J connectivity index is 2.17. The van der Waals surface area contributed by atoms with Crippen molar-refractivity contribution in [3.8, 4) is 6.07 Å². The van der Waals surface area contributed by atoms with Gasteiger partial charge < -0.3 is 5.32 Å². The molecule has 2 rings (SSSR count). The van der Waals surface area contributed by atoms with E-state index in [4.69, 9.17) is 5.26 Å². The number of hydrogen-bond donors (Lipinski definition) is 2. The van der Waals surface area contributed by atoms with Gasteiger partial charge in [0.2, 0.25) is 0 Å². The van der Waals surface area contributed by atoms with Gasteiger partial charge in [-0.25, -0.2) is 4.39 Å². The van der Waals surface area contributed by atoms with Gasteiger partial charge in [-0.3, -0.25) is 5.10 Å². The zero-order valence-electron chi connectivity index (χ0n) is 9.24. The van der Waals surface area contributed by atoms with Crippen LogP contribution in [0.1, 0.15) is 24.1 Å². The summed E-state index contributed by atoms with van der Waals surface area (Å²) < 4.78 is 13.6. The van der Waals surface area contributed by atoms with Gasteiger partial charge in [0.25, 0.3) is 0 Å². The Kier molecular flexibility index (Phi) is 3.06. The van der Waals surface area contributed by atoms with Gasteiger partial charge in [-0.1, -0.05) is 0 Å². The number of aromatic nitrogens is 2. The Morgan fingerprint density at radius 2 is 2.35 bits per heavy atom. The first-order valence-corrected chi connectivity index (χ1v) is 5.15. The van der Waals surface area contributed by atoms with E-state index in [0.29, 0.717) is 11.3 Å². The van der Waals surface area contributed by atoms with Crippen molar-refractivity contribution >= 4 is 5.69 Å². The van der Waals surface area contributed by atoms with E-state index in [1.54, 1.807) is 24.5 Å². The van der Waals surface area contributed by atoms with E-state index in [0.717, 1.165) is 5.56 Å². The zero-order chi connectivity index (χ0) is 12.3. The molecule has 0 bridgehead atoms. The van der Waals surface area contributed by atoms with Crippen LogP contribution in [-0.2, 0) is 0 Å². The number of nitriles is 1. The SMILES string of the molecule is CC(Nc1ccc(C#N)cc1F)c1cn[nH]c1. The first-order chi connectivity index (χ1) is 8.20. The second-order valence-corrected chi connectivity index (χ2v) is 3.70. The molecule has 86 valence electrons. The molecule has 0 aliphatic rings. The highest BCUT2D eigenvalue weighted by molar-refractivity contribution is 5.50. The third-order valence-corrected chi connectivity index (χ3v) is 2.49. The minimum Gasteiger partial charge on any atom is -0.376 e. The molecule has 17 heavy (non-hydrogen) atoms. The molecule has 1 heterocycles. The molecule has 4 nitrogen and oxygen atoms in total. The number of anilines is 1. The van der Waals surface area contributed by atoms with Crippen molar-refractivity contribution in [3.63, 3.8) is 0 Å². The number of benzene rings is 1. The van der Waals surface area contributed by atoms with E-state index in [1.165, 1.54) is 6.07 Å². The highest BCUT2D eigenvalue weighted by Crippen LogP contribution is 2.21. The summed E-state index contributed by atoms with van der Waals surface area (Å²) in [5.41, 5.74) is 1.62. The molecule has 0 saturated carbocycles. The Bertz CT molecular complexity index is 542. The fourth-order valence-corrected chi connectivity index (χ4v) is 1.52. The summed E-state index contributed by atoms with van der Waals surface area (Å²) in [7, 11) is 0. The van der Waals surface area contributed by atoms with Crippen LogP contribution in [0.4, 0.5) is 10.1 Å². The van der Waals surface area contributed by atoms with Crippen LogP contribution in [-0.4, -0.2) is 10.2 Å². The molecule has 1 atom stereocenters. The topological polar surface area (TPSA) is 64.5 Å². The zero-order valence-corrected chi connectivity index (χ0v) is 9.24. The standard InChI is InChI=1S/C12H11FN4/c1-8(10-6-15-16-7-10)17-12-3-2-9(5-14)4-11(12)13/h2-4,6-8,17H,1H3,(H,15,16). The van der Waals surface area contributed by atoms with Gasteiger partial charge in [0.15, 0.2) is 0 Å². The lowest BCUT2D eigenvalue weighted by Gasteiger charge is -2.14. The van der Waals surface area contributed by atoms with Crippen LogP contribution in [0.2, 0.25) is 0 Å². The van der Waals surface area contributed by atoms with E-state index >= 15 is 0 Å². The van der Waals surface area contributed by atoms with E-state index in [1.807, 2.05) is 13.0 Å². The monoisotopic (exact) mass is 230 g/mol. The molecule has 1 aromatic carbocycles. The van der Waals surface area contributed by atoms with Crippen molar-refractivity contribution in [2.24, 2.45) is 0 Å². The molecule has 0 aliphatic heterocycles. The van der Waals surface area contributed by atoms with Crippen LogP contribution < -0.4 is 5.32 Å². The molecule has 0 aliphatic carbocycles. The maximum Gasteiger partial charge on any atom is 0.147 e. The van der Waals surface area contributed by atoms with Crippen LogP contribution in [0.25, 0.3) is 0 Å². The average molecular weight is 230 g/mol. The van der Waals surface area contributed by atoms with Crippen LogP contribution in [0.5, 0.6) is 0 Å². The molecule has 0 spiro atoms. The fraction of sp³-hybridized carbons (Fsp3) is 0.167. The second-order valence-electron chi connectivity index (χ2n) is 3.70. The van der Waals surface area contributed by atoms with Gasteiger partial charge in [-0.05, 0) is 25.1 Å². The lowest BCUT2D eigenvalue weighted by molar-refractivity contribution is 0.627. The third kappa shape index (κ3) is 2.42.